The van der Waals surface area contributed by atoms with Crippen molar-refractivity contribution in [2.45, 2.75) is 0 Å². The van der Waals surface area contributed by atoms with E-state index >= 15 is 0 Å². The van der Waals surface area contributed by atoms with E-state index in [0.29, 0.717) is 23.3 Å². The van der Waals surface area contributed by atoms with Crippen LogP contribution in [0.2, 0.25) is 0 Å². The van der Waals surface area contributed by atoms with Crippen molar-refractivity contribution < 1.29 is 9.90 Å². The lowest BCUT2D eigenvalue weighted by atomic mass is 10.0. The summed E-state index contributed by atoms with van der Waals surface area (Å²) in [5, 5.41) is 19.1. The zero-order chi connectivity index (χ0) is 13.8. The Morgan fingerprint density at radius 3 is 2.42 bits per heavy atom. The minimum absolute atomic E-state index is 0.180. The molecule has 2 aromatic rings. The number of rotatable bonds is 4. The van der Waals surface area contributed by atoms with Gasteiger partial charge < -0.3 is 21.6 Å². The summed E-state index contributed by atoms with van der Waals surface area (Å²) >= 11 is 0. The van der Waals surface area contributed by atoms with Crippen molar-refractivity contribution in [2.75, 3.05) is 11.1 Å². The standard InChI is InChI=1S/C14H13N3O2/c15-7-12-13(16)5-10(6-14(12)17-8-18)9-1-3-11(19)4-2-9/h1-8,15,19H,16H2,(H,17,18). The molecule has 0 unspecified atom stereocenters. The molecule has 0 spiro atoms. The molecular formula is C14H13N3O2. The number of nitrogens with one attached hydrogen (secondary N) is 2. The lowest BCUT2D eigenvalue weighted by Gasteiger charge is -2.11. The van der Waals surface area contributed by atoms with Gasteiger partial charge in [0.2, 0.25) is 6.41 Å². The molecule has 96 valence electrons. The van der Waals surface area contributed by atoms with Crippen LogP contribution in [0.25, 0.3) is 11.1 Å². The molecule has 2 rings (SSSR count). The maximum atomic E-state index is 10.6. The lowest BCUT2D eigenvalue weighted by Crippen LogP contribution is -2.02. The number of nitrogens with two attached hydrogens (primary N) is 1. The van der Waals surface area contributed by atoms with E-state index in [0.717, 1.165) is 17.3 Å². The van der Waals surface area contributed by atoms with Crippen molar-refractivity contribution in [3.8, 4) is 16.9 Å². The zero-order valence-electron chi connectivity index (χ0n) is 10.1. The molecule has 0 radical (unpaired) electrons. The normalized spacial score (nSPS) is 9.89. The number of aromatic hydroxyl groups is 1. The average Bonchev–Trinajstić information content (AvgIpc) is 2.39. The molecule has 0 aliphatic heterocycles. The number of benzene rings is 2. The van der Waals surface area contributed by atoms with E-state index in [1.165, 1.54) is 0 Å². The molecule has 2 aromatic carbocycles. The zero-order valence-corrected chi connectivity index (χ0v) is 10.1. The van der Waals surface area contributed by atoms with Crippen LogP contribution in [0.15, 0.2) is 36.4 Å². The van der Waals surface area contributed by atoms with E-state index in [4.69, 9.17) is 11.1 Å². The van der Waals surface area contributed by atoms with E-state index in [1.807, 2.05) is 0 Å². The first-order valence-corrected chi connectivity index (χ1v) is 5.59. The third-order valence-corrected chi connectivity index (χ3v) is 2.77. The largest absolute Gasteiger partial charge is 0.508 e. The number of nitrogen functional groups attached to an aromatic ring is 1. The summed E-state index contributed by atoms with van der Waals surface area (Å²) in [6.45, 7) is 0. The Bertz CT molecular complexity index is 621. The highest BCUT2D eigenvalue weighted by molar-refractivity contribution is 5.97. The van der Waals surface area contributed by atoms with E-state index in [-0.39, 0.29) is 5.75 Å². The summed E-state index contributed by atoms with van der Waals surface area (Å²) in [7, 11) is 0. The van der Waals surface area contributed by atoms with Crippen LogP contribution in [0, 0.1) is 5.41 Å². The van der Waals surface area contributed by atoms with Crippen LogP contribution in [0.1, 0.15) is 5.56 Å². The smallest absolute Gasteiger partial charge is 0.211 e. The minimum Gasteiger partial charge on any atom is -0.508 e. The maximum Gasteiger partial charge on any atom is 0.211 e. The van der Waals surface area contributed by atoms with E-state index in [1.54, 1.807) is 36.4 Å². The van der Waals surface area contributed by atoms with Gasteiger partial charge in [-0.05, 0) is 35.4 Å². The Labute approximate surface area is 110 Å². The first-order chi connectivity index (χ1) is 9.15. The Balaban J connectivity index is 2.55. The Hall–Kier alpha value is -2.82. The van der Waals surface area contributed by atoms with Crippen molar-refractivity contribution in [1.29, 1.82) is 5.41 Å². The van der Waals surface area contributed by atoms with Gasteiger partial charge in [-0.1, -0.05) is 12.1 Å². The van der Waals surface area contributed by atoms with Gasteiger partial charge >= 0.3 is 0 Å². The van der Waals surface area contributed by atoms with E-state index in [2.05, 4.69) is 5.32 Å². The molecule has 0 aromatic heterocycles. The fourth-order valence-corrected chi connectivity index (χ4v) is 1.84. The van der Waals surface area contributed by atoms with Crippen molar-refractivity contribution in [3.05, 3.63) is 42.0 Å². The molecule has 0 fully saturated rings. The topological polar surface area (TPSA) is 99.2 Å². The van der Waals surface area contributed by atoms with Crippen LogP contribution in [-0.4, -0.2) is 17.7 Å². The predicted octanol–water partition coefficient (Wildman–Crippen LogP) is 2.21. The molecule has 1 amide bonds. The van der Waals surface area contributed by atoms with E-state index in [9.17, 15) is 9.90 Å². The quantitative estimate of drug-likeness (QED) is 0.383. The molecule has 5 heteroatoms. The van der Waals surface area contributed by atoms with Gasteiger partial charge in [0.05, 0.1) is 5.69 Å². The van der Waals surface area contributed by atoms with Crippen molar-refractivity contribution in [3.63, 3.8) is 0 Å². The Kier molecular flexibility index (Phi) is 3.47. The lowest BCUT2D eigenvalue weighted by molar-refractivity contribution is -0.105. The summed E-state index contributed by atoms with van der Waals surface area (Å²) in [6, 6.07) is 10.1. The molecule has 0 atom stereocenters. The number of carbonyl (C=O) groups is 1. The number of carbonyl (C=O) groups excluding carboxylic acids is 1. The van der Waals surface area contributed by atoms with Gasteiger partial charge in [-0.2, -0.15) is 0 Å². The Morgan fingerprint density at radius 2 is 1.84 bits per heavy atom. The summed E-state index contributed by atoms with van der Waals surface area (Å²) in [6.07, 6.45) is 1.64. The van der Waals surface area contributed by atoms with Gasteiger partial charge in [0.1, 0.15) is 5.75 Å². The third kappa shape index (κ3) is 2.55. The Morgan fingerprint density at radius 1 is 1.16 bits per heavy atom. The molecule has 0 aliphatic rings. The van der Waals surface area contributed by atoms with Crippen molar-refractivity contribution in [2.24, 2.45) is 0 Å². The maximum absolute atomic E-state index is 10.6. The minimum atomic E-state index is 0.180. The molecule has 5 nitrogen and oxygen atoms in total. The summed E-state index contributed by atoms with van der Waals surface area (Å²) < 4.78 is 0. The third-order valence-electron chi connectivity index (χ3n) is 2.77. The molecule has 0 saturated carbocycles. The van der Waals surface area contributed by atoms with Crippen LogP contribution < -0.4 is 11.1 Å². The fraction of sp³-hybridized carbons (Fsp3) is 0. The second kappa shape index (κ2) is 5.22. The highest BCUT2D eigenvalue weighted by Gasteiger charge is 2.08. The number of hydrogen-bond donors (Lipinski definition) is 4. The van der Waals surface area contributed by atoms with Crippen LogP contribution in [-0.2, 0) is 4.79 Å². The number of hydrogen-bond acceptors (Lipinski definition) is 4. The van der Waals surface area contributed by atoms with Crippen molar-refractivity contribution in [1.82, 2.24) is 0 Å². The van der Waals surface area contributed by atoms with Crippen LogP contribution in [0.3, 0.4) is 0 Å². The first-order valence-electron chi connectivity index (χ1n) is 5.59. The SMILES string of the molecule is N=Cc1c(N)cc(-c2ccc(O)cc2)cc1NC=O. The van der Waals surface area contributed by atoms with Gasteiger partial charge in [-0.25, -0.2) is 0 Å². The van der Waals surface area contributed by atoms with Crippen LogP contribution >= 0.6 is 0 Å². The molecular weight excluding hydrogens is 242 g/mol. The number of amides is 1. The molecule has 0 bridgehead atoms. The van der Waals surface area contributed by atoms with Gasteiger partial charge in [-0.15, -0.1) is 0 Å². The highest BCUT2D eigenvalue weighted by atomic mass is 16.3. The molecule has 19 heavy (non-hydrogen) atoms. The number of phenolic OH excluding ortho intramolecular Hbond substituents is 1. The van der Waals surface area contributed by atoms with Gasteiger partial charge in [0.15, 0.2) is 0 Å². The summed E-state index contributed by atoms with van der Waals surface area (Å²) in [5.41, 5.74) is 8.88. The van der Waals surface area contributed by atoms with Crippen LogP contribution in [0.5, 0.6) is 5.75 Å². The van der Waals surface area contributed by atoms with Gasteiger partial charge in [0, 0.05) is 17.5 Å². The number of anilines is 2. The molecule has 5 N–H and O–H groups in total. The fourth-order valence-electron chi connectivity index (χ4n) is 1.84. The predicted molar refractivity (Wildman–Crippen MR) is 75.5 cm³/mol. The highest BCUT2D eigenvalue weighted by Crippen LogP contribution is 2.30. The second-order valence-corrected chi connectivity index (χ2v) is 3.98. The first kappa shape index (κ1) is 12.6. The second-order valence-electron chi connectivity index (χ2n) is 3.98. The molecule has 0 saturated heterocycles. The van der Waals surface area contributed by atoms with Crippen molar-refractivity contribution >= 4 is 24.0 Å². The summed E-state index contributed by atoms with van der Waals surface area (Å²) in [4.78, 5) is 10.6. The molecule has 0 heterocycles. The average molecular weight is 255 g/mol. The van der Waals surface area contributed by atoms with E-state index < -0.39 is 0 Å². The molecule has 0 aliphatic carbocycles. The van der Waals surface area contributed by atoms with Gasteiger partial charge in [-0.3, -0.25) is 4.79 Å². The van der Waals surface area contributed by atoms with Gasteiger partial charge in [0.25, 0.3) is 0 Å². The summed E-state index contributed by atoms with van der Waals surface area (Å²) in [5.74, 6) is 0.180. The monoisotopic (exact) mass is 255 g/mol. The number of phenols is 1. The van der Waals surface area contributed by atoms with Crippen LogP contribution in [0.4, 0.5) is 11.4 Å².